The van der Waals surface area contributed by atoms with Crippen LogP contribution in [0.5, 0.6) is 0 Å². The average Bonchev–Trinajstić information content (AvgIpc) is 3.07. The number of nitrogens with one attached hydrogen (secondary N) is 1. The predicted molar refractivity (Wildman–Crippen MR) is 90.7 cm³/mol. The number of amides is 1. The summed E-state index contributed by atoms with van der Waals surface area (Å²) in [7, 11) is -3.51. The Balaban J connectivity index is 1.72. The van der Waals surface area contributed by atoms with E-state index in [9.17, 15) is 13.2 Å². The van der Waals surface area contributed by atoms with Gasteiger partial charge in [0.2, 0.25) is 15.9 Å². The van der Waals surface area contributed by atoms with E-state index in [1.54, 1.807) is 12.1 Å². The van der Waals surface area contributed by atoms with Crippen LogP contribution in [-0.4, -0.2) is 33.2 Å². The van der Waals surface area contributed by atoms with Crippen LogP contribution in [0, 0.1) is 18.8 Å². The molecule has 0 radical (unpaired) electrons. The molecule has 0 saturated heterocycles. The first kappa shape index (κ1) is 16.3. The van der Waals surface area contributed by atoms with E-state index in [0.717, 1.165) is 24.2 Å². The Labute approximate surface area is 138 Å². The molecular formula is C17H24N2O3S. The van der Waals surface area contributed by atoms with Gasteiger partial charge >= 0.3 is 0 Å². The number of aryl methyl sites for hydroxylation is 1. The molecule has 0 aromatic heterocycles. The van der Waals surface area contributed by atoms with Crippen LogP contribution in [0.1, 0.15) is 31.2 Å². The fraction of sp³-hybridized carbons (Fsp3) is 0.588. The lowest BCUT2D eigenvalue weighted by Crippen LogP contribution is -2.45. The maximum absolute atomic E-state index is 12.4. The number of hydrogen-bond acceptors (Lipinski definition) is 3. The van der Waals surface area contributed by atoms with Crippen LogP contribution in [0.2, 0.25) is 0 Å². The molecule has 3 rings (SSSR count). The van der Waals surface area contributed by atoms with Gasteiger partial charge in [0.1, 0.15) is 6.54 Å². The van der Waals surface area contributed by atoms with Gasteiger partial charge in [-0.05, 0) is 49.7 Å². The minimum Gasteiger partial charge on any atom is -0.352 e. The summed E-state index contributed by atoms with van der Waals surface area (Å²) in [5, 5.41) is 3.06. The summed E-state index contributed by atoms with van der Waals surface area (Å²) in [5.74, 6) is 1.11. The summed E-state index contributed by atoms with van der Waals surface area (Å²) in [6.45, 7) is 1.69. The van der Waals surface area contributed by atoms with Gasteiger partial charge in [-0.1, -0.05) is 24.6 Å². The van der Waals surface area contributed by atoms with Crippen molar-refractivity contribution in [3.05, 3.63) is 29.8 Å². The molecule has 1 N–H and O–H groups in total. The second kappa shape index (κ2) is 6.15. The number of hydrogen-bond donors (Lipinski definition) is 1. The smallest absolute Gasteiger partial charge is 0.241 e. The summed E-state index contributed by atoms with van der Waals surface area (Å²) in [5.41, 5.74) is 1.41. The molecule has 2 saturated carbocycles. The monoisotopic (exact) mass is 336 g/mol. The fourth-order valence-corrected chi connectivity index (χ4v) is 4.94. The molecule has 0 unspecified atom stereocenters. The number of carbonyl (C=O) groups is 1. The van der Waals surface area contributed by atoms with Gasteiger partial charge in [0.25, 0.3) is 0 Å². The topological polar surface area (TPSA) is 66.5 Å². The van der Waals surface area contributed by atoms with E-state index in [1.807, 2.05) is 19.1 Å². The van der Waals surface area contributed by atoms with E-state index in [0.29, 0.717) is 11.6 Å². The summed E-state index contributed by atoms with van der Waals surface area (Å²) >= 11 is 0. The van der Waals surface area contributed by atoms with Crippen LogP contribution in [0.25, 0.3) is 0 Å². The number of anilines is 1. The van der Waals surface area contributed by atoms with Crippen molar-refractivity contribution in [2.45, 2.75) is 38.6 Å². The lowest BCUT2D eigenvalue weighted by molar-refractivity contribution is -0.120. The predicted octanol–water partition coefficient (Wildman–Crippen LogP) is 2.07. The zero-order valence-corrected chi connectivity index (χ0v) is 14.5. The highest BCUT2D eigenvalue weighted by Gasteiger charge is 2.40. The highest BCUT2D eigenvalue weighted by atomic mass is 32.2. The minimum absolute atomic E-state index is 0.155. The number of benzene rings is 1. The molecule has 5 nitrogen and oxygen atoms in total. The third kappa shape index (κ3) is 3.52. The van der Waals surface area contributed by atoms with Crippen molar-refractivity contribution >= 4 is 21.6 Å². The average molecular weight is 336 g/mol. The third-order valence-corrected chi connectivity index (χ3v) is 6.28. The van der Waals surface area contributed by atoms with Crippen LogP contribution < -0.4 is 9.62 Å². The van der Waals surface area contributed by atoms with Gasteiger partial charge in [-0.3, -0.25) is 9.10 Å². The van der Waals surface area contributed by atoms with Gasteiger partial charge in [-0.2, -0.15) is 0 Å². The van der Waals surface area contributed by atoms with Gasteiger partial charge in [-0.15, -0.1) is 0 Å². The fourth-order valence-electron chi connectivity index (χ4n) is 4.03. The lowest BCUT2D eigenvalue weighted by atomic mass is 9.95. The maximum atomic E-state index is 12.4. The van der Waals surface area contributed by atoms with Gasteiger partial charge in [0.15, 0.2) is 0 Å². The van der Waals surface area contributed by atoms with Crippen molar-refractivity contribution < 1.29 is 13.2 Å². The summed E-state index contributed by atoms with van der Waals surface area (Å²) in [6.07, 6.45) is 5.85. The molecule has 0 aliphatic heterocycles. The second-order valence-corrected chi connectivity index (χ2v) is 8.81. The zero-order valence-electron chi connectivity index (χ0n) is 13.7. The number of rotatable bonds is 5. The molecule has 126 valence electrons. The Morgan fingerprint density at radius 2 is 2.00 bits per heavy atom. The lowest BCUT2D eigenvalue weighted by Gasteiger charge is -2.27. The summed E-state index contributed by atoms with van der Waals surface area (Å²) < 4.78 is 25.5. The highest BCUT2D eigenvalue weighted by Crippen LogP contribution is 2.44. The van der Waals surface area contributed by atoms with Crippen molar-refractivity contribution in [1.29, 1.82) is 0 Å². The molecule has 2 aliphatic carbocycles. The number of nitrogens with zero attached hydrogens (tertiary/aromatic N) is 1. The quantitative estimate of drug-likeness (QED) is 0.895. The van der Waals surface area contributed by atoms with Crippen LogP contribution >= 0.6 is 0 Å². The van der Waals surface area contributed by atoms with E-state index >= 15 is 0 Å². The Kier molecular flexibility index (Phi) is 4.36. The van der Waals surface area contributed by atoms with E-state index < -0.39 is 10.0 Å². The molecule has 1 aromatic carbocycles. The number of carbonyl (C=O) groups excluding carboxylic acids is 1. The first-order valence-corrected chi connectivity index (χ1v) is 10.0. The SMILES string of the molecule is Cc1ccccc1N(CC(=O)N[C@@H]1C[C@@H]2CC[C@@H]1C2)S(C)(=O)=O. The molecule has 1 aromatic rings. The normalized spacial score (nSPS) is 26.3. The molecule has 2 bridgehead atoms. The molecule has 0 spiro atoms. The molecule has 2 aliphatic rings. The highest BCUT2D eigenvalue weighted by molar-refractivity contribution is 7.92. The van der Waals surface area contributed by atoms with Crippen molar-refractivity contribution in [1.82, 2.24) is 5.32 Å². The number of fused-ring (bicyclic) bond motifs is 2. The molecule has 6 heteroatoms. The van der Waals surface area contributed by atoms with Crippen molar-refractivity contribution in [2.75, 3.05) is 17.1 Å². The van der Waals surface area contributed by atoms with Crippen molar-refractivity contribution in [2.24, 2.45) is 11.8 Å². The molecule has 3 atom stereocenters. The Bertz CT molecular complexity index is 702. The largest absolute Gasteiger partial charge is 0.352 e. The Morgan fingerprint density at radius 1 is 1.26 bits per heavy atom. The van der Waals surface area contributed by atoms with Crippen LogP contribution in [0.4, 0.5) is 5.69 Å². The second-order valence-electron chi connectivity index (χ2n) is 6.90. The van der Waals surface area contributed by atoms with Crippen LogP contribution in [0.3, 0.4) is 0 Å². The molecule has 1 amide bonds. The van der Waals surface area contributed by atoms with Crippen molar-refractivity contribution in [3.8, 4) is 0 Å². The Hall–Kier alpha value is -1.56. The van der Waals surface area contributed by atoms with Crippen molar-refractivity contribution in [3.63, 3.8) is 0 Å². The van der Waals surface area contributed by atoms with Gasteiger partial charge in [0, 0.05) is 6.04 Å². The molecular weight excluding hydrogens is 312 g/mol. The van der Waals surface area contributed by atoms with E-state index in [2.05, 4.69) is 5.32 Å². The third-order valence-electron chi connectivity index (χ3n) is 5.16. The van der Waals surface area contributed by atoms with E-state index in [4.69, 9.17) is 0 Å². The first-order valence-electron chi connectivity index (χ1n) is 8.17. The number of sulfonamides is 1. The van der Waals surface area contributed by atoms with Gasteiger partial charge in [-0.25, -0.2) is 8.42 Å². The maximum Gasteiger partial charge on any atom is 0.241 e. The zero-order chi connectivity index (χ0) is 16.6. The summed E-state index contributed by atoms with van der Waals surface area (Å²) in [4.78, 5) is 12.4. The number of para-hydroxylation sites is 1. The Morgan fingerprint density at radius 3 is 2.57 bits per heavy atom. The molecule has 23 heavy (non-hydrogen) atoms. The molecule has 2 fully saturated rings. The first-order chi connectivity index (χ1) is 10.8. The van der Waals surface area contributed by atoms with Gasteiger partial charge in [0.05, 0.1) is 11.9 Å². The van der Waals surface area contributed by atoms with Crippen LogP contribution in [-0.2, 0) is 14.8 Å². The molecule has 0 heterocycles. The van der Waals surface area contributed by atoms with E-state index in [-0.39, 0.29) is 18.5 Å². The summed E-state index contributed by atoms with van der Waals surface area (Å²) in [6, 6.07) is 7.45. The van der Waals surface area contributed by atoms with Crippen LogP contribution in [0.15, 0.2) is 24.3 Å². The van der Waals surface area contributed by atoms with E-state index in [1.165, 1.54) is 23.6 Å². The minimum atomic E-state index is -3.51. The van der Waals surface area contributed by atoms with Gasteiger partial charge < -0.3 is 5.32 Å². The standard InChI is InChI=1S/C17H24N2O3S/c1-12-5-3-4-6-16(12)19(23(2,21)22)11-17(20)18-15-10-13-7-8-14(15)9-13/h3-6,13-15H,7-11H2,1-2H3,(H,18,20)/t13-,14-,15-/m1/s1.